The van der Waals surface area contributed by atoms with Gasteiger partial charge in [-0.3, -0.25) is 0 Å². The van der Waals surface area contributed by atoms with E-state index in [-0.39, 0.29) is 0 Å². The first-order chi connectivity index (χ1) is 8.20. The normalized spacial score (nSPS) is 12.6. The average molecular weight is 229 g/mol. The average Bonchev–Trinajstić information content (AvgIpc) is 2.79. The first-order valence-corrected chi connectivity index (χ1v) is 5.93. The van der Waals surface area contributed by atoms with Gasteiger partial charge in [0.15, 0.2) is 0 Å². The zero-order chi connectivity index (χ0) is 12.3. The number of aryl methyl sites for hydroxylation is 2. The Bertz CT molecular complexity index is 474. The number of nitrogens with one attached hydrogen (secondary N) is 2. The Balaban J connectivity index is 2.23. The van der Waals surface area contributed by atoms with Crippen LogP contribution < -0.4 is 5.32 Å². The van der Waals surface area contributed by atoms with Crippen molar-refractivity contribution in [3.8, 4) is 0 Å². The van der Waals surface area contributed by atoms with Crippen LogP contribution in [0.1, 0.15) is 28.6 Å². The van der Waals surface area contributed by atoms with Gasteiger partial charge in [0, 0.05) is 24.9 Å². The molecule has 0 fully saturated rings. The Hall–Kier alpha value is -1.61. The summed E-state index contributed by atoms with van der Waals surface area (Å²) >= 11 is 0. The van der Waals surface area contributed by atoms with Crippen molar-refractivity contribution in [3.05, 3.63) is 53.1 Å². The summed E-state index contributed by atoms with van der Waals surface area (Å²) in [5, 5.41) is 3.36. The summed E-state index contributed by atoms with van der Waals surface area (Å²) < 4.78 is 0. The van der Waals surface area contributed by atoms with E-state index in [1.54, 1.807) is 6.20 Å². The third kappa shape index (κ3) is 2.74. The van der Waals surface area contributed by atoms with Crippen molar-refractivity contribution in [2.24, 2.45) is 0 Å². The lowest BCUT2D eigenvalue weighted by atomic mass is 9.97. The van der Waals surface area contributed by atoms with Gasteiger partial charge in [-0.2, -0.15) is 0 Å². The minimum atomic E-state index is 0.307. The molecule has 1 aromatic carbocycles. The molecule has 3 heteroatoms. The van der Waals surface area contributed by atoms with E-state index < -0.39 is 0 Å². The first kappa shape index (κ1) is 11.9. The second-order valence-electron chi connectivity index (χ2n) is 4.44. The lowest BCUT2D eigenvalue weighted by molar-refractivity contribution is 0.575. The molecule has 0 saturated heterocycles. The van der Waals surface area contributed by atoms with Crippen LogP contribution in [0.5, 0.6) is 0 Å². The van der Waals surface area contributed by atoms with Gasteiger partial charge in [-0.1, -0.05) is 23.8 Å². The van der Waals surface area contributed by atoms with E-state index in [1.165, 1.54) is 16.7 Å². The Morgan fingerprint density at radius 1 is 1.35 bits per heavy atom. The van der Waals surface area contributed by atoms with Crippen molar-refractivity contribution in [3.63, 3.8) is 0 Å². The number of likely N-dealkylation sites (N-methyl/N-ethyl adjacent to an activating group) is 1. The van der Waals surface area contributed by atoms with Gasteiger partial charge >= 0.3 is 0 Å². The molecule has 1 aromatic heterocycles. The molecule has 0 saturated carbocycles. The largest absolute Gasteiger partial charge is 0.349 e. The van der Waals surface area contributed by atoms with Gasteiger partial charge in [-0.25, -0.2) is 4.98 Å². The van der Waals surface area contributed by atoms with Crippen molar-refractivity contribution in [1.82, 2.24) is 15.3 Å². The van der Waals surface area contributed by atoms with Gasteiger partial charge in [-0.15, -0.1) is 0 Å². The molecular formula is C14H19N3. The fourth-order valence-electron chi connectivity index (χ4n) is 2.19. The third-order valence-corrected chi connectivity index (χ3v) is 3.10. The number of hydrogen-bond acceptors (Lipinski definition) is 2. The van der Waals surface area contributed by atoms with Gasteiger partial charge in [0.05, 0.1) is 0 Å². The van der Waals surface area contributed by atoms with Crippen LogP contribution >= 0.6 is 0 Å². The summed E-state index contributed by atoms with van der Waals surface area (Å²) in [6.07, 6.45) is 4.54. The van der Waals surface area contributed by atoms with E-state index in [0.717, 1.165) is 12.2 Å². The second kappa shape index (κ2) is 5.15. The third-order valence-electron chi connectivity index (χ3n) is 3.10. The monoisotopic (exact) mass is 229 g/mol. The highest BCUT2D eigenvalue weighted by molar-refractivity contribution is 5.33. The quantitative estimate of drug-likeness (QED) is 0.845. The first-order valence-electron chi connectivity index (χ1n) is 5.93. The van der Waals surface area contributed by atoms with Crippen molar-refractivity contribution >= 4 is 0 Å². The van der Waals surface area contributed by atoms with Crippen LogP contribution in [0, 0.1) is 13.8 Å². The van der Waals surface area contributed by atoms with Gasteiger partial charge in [0.1, 0.15) is 5.82 Å². The highest BCUT2D eigenvalue weighted by Gasteiger charge is 2.13. The highest BCUT2D eigenvalue weighted by atomic mass is 14.9. The van der Waals surface area contributed by atoms with Crippen molar-refractivity contribution in [1.29, 1.82) is 0 Å². The highest BCUT2D eigenvalue weighted by Crippen LogP contribution is 2.21. The maximum absolute atomic E-state index is 4.28. The number of imidazole rings is 1. The summed E-state index contributed by atoms with van der Waals surface area (Å²) in [5.41, 5.74) is 3.98. The number of H-pyrrole nitrogens is 1. The predicted octanol–water partition coefficient (Wildman–Crippen LogP) is 2.53. The van der Waals surface area contributed by atoms with E-state index in [2.05, 4.69) is 47.3 Å². The summed E-state index contributed by atoms with van der Waals surface area (Å²) in [4.78, 5) is 7.43. The molecule has 0 aliphatic heterocycles. The molecule has 0 aliphatic rings. The van der Waals surface area contributed by atoms with Crippen LogP contribution in [0.2, 0.25) is 0 Å². The molecule has 17 heavy (non-hydrogen) atoms. The van der Waals surface area contributed by atoms with Crippen molar-refractivity contribution in [2.75, 3.05) is 7.05 Å². The number of aromatic nitrogens is 2. The minimum absolute atomic E-state index is 0.307. The zero-order valence-corrected chi connectivity index (χ0v) is 10.6. The summed E-state index contributed by atoms with van der Waals surface area (Å²) in [7, 11) is 1.99. The van der Waals surface area contributed by atoms with Crippen LogP contribution in [-0.4, -0.2) is 17.0 Å². The molecule has 1 atom stereocenters. The molecule has 0 amide bonds. The molecule has 3 nitrogen and oxygen atoms in total. The van der Waals surface area contributed by atoms with Crippen LogP contribution in [0.4, 0.5) is 0 Å². The smallest absolute Gasteiger partial charge is 0.107 e. The molecule has 0 spiro atoms. The fourth-order valence-corrected chi connectivity index (χ4v) is 2.19. The van der Waals surface area contributed by atoms with Gasteiger partial charge in [0.25, 0.3) is 0 Å². The van der Waals surface area contributed by atoms with Gasteiger partial charge in [0.2, 0.25) is 0 Å². The topological polar surface area (TPSA) is 40.7 Å². The number of hydrogen-bond donors (Lipinski definition) is 2. The second-order valence-corrected chi connectivity index (χ2v) is 4.44. The molecular weight excluding hydrogens is 210 g/mol. The van der Waals surface area contributed by atoms with E-state index in [9.17, 15) is 0 Å². The van der Waals surface area contributed by atoms with E-state index in [4.69, 9.17) is 0 Å². The van der Waals surface area contributed by atoms with Crippen LogP contribution in [0.25, 0.3) is 0 Å². The molecule has 0 aliphatic carbocycles. The van der Waals surface area contributed by atoms with E-state index >= 15 is 0 Å². The number of nitrogens with zero attached hydrogens (tertiary/aromatic N) is 1. The Morgan fingerprint density at radius 2 is 2.18 bits per heavy atom. The molecule has 0 radical (unpaired) electrons. The SMILES string of the molecule is CNC(Cc1ncc[nH]1)c1ccc(C)cc1C. The fraction of sp³-hybridized carbons (Fsp3) is 0.357. The summed E-state index contributed by atoms with van der Waals surface area (Å²) in [6, 6.07) is 6.90. The predicted molar refractivity (Wildman–Crippen MR) is 70.0 cm³/mol. The Morgan fingerprint density at radius 3 is 2.76 bits per heavy atom. The lowest BCUT2D eigenvalue weighted by Gasteiger charge is -2.18. The van der Waals surface area contributed by atoms with Crippen LogP contribution in [0.15, 0.2) is 30.6 Å². The summed E-state index contributed by atoms with van der Waals surface area (Å²) in [5.74, 6) is 1.02. The van der Waals surface area contributed by atoms with Crippen molar-refractivity contribution < 1.29 is 0 Å². The van der Waals surface area contributed by atoms with Crippen LogP contribution in [-0.2, 0) is 6.42 Å². The van der Waals surface area contributed by atoms with E-state index in [0.29, 0.717) is 6.04 Å². The summed E-state index contributed by atoms with van der Waals surface area (Å²) in [6.45, 7) is 4.28. The number of aromatic amines is 1. The maximum Gasteiger partial charge on any atom is 0.107 e. The van der Waals surface area contributed by atoms with Crippen LogP contribution in [0.3, 0.4) is 0 Å². The van der Waals surface area contributed by atoms with Gasteiger partial charge in [-0.05, 0) is 32.0 Å². The molecule has 0 bridgehead atoms. The zero-order valence-electron chi connectivity index (χ0n) is 10.6. The molecule has 1 unspecified atom stereocenters. The molecule has 90 valence electrons. The maximum atomic E-state index is 4.28. The van der Waals surface area contributed by atoms with E-state index in [1.807, 2.05) is 13.2 Å². The molecule has 2 aromatic rings. The Kier molecular flexibility index (Phi) is 3.59. The van der Waals surface area contributed by atoms with Crippen molar-refractivity contribution in [2.45, 2.75) is 26.3 Å². The minimum Gasteiger partial charge on any atom is -0.349 e. The Labute approximate surface area is 102 Å². The molecule has 2 N–H and O–H groups in total. The standard InChI is InChI=1S/C14H19N3/c1-10-4-5-12(11(2)8-10)13(15-3)9-14-16-6-7-17-14/h4-8,13,15H,9H2,1-3H3,(H,16,17). The lowest BCUT2D eigenvalue weighted by Crippen LogP contribution is -2.20. The number of benzene rings is 1. The van der Waals surface area contributed by atoms with Gasteiger partial charge < -0.3 is 10.3 Å². The molecule has 1 heterocycles. The number of rotatable bonds is 4. The molecule has 2 rings (SSSR count).